The Kier molecular flexibility index (Phi) is 9.90. The monoisotopic (exact) mass is 796 g/mol. The maximum Gasteiger partial charge on any atom is 0.262 e. The number of anilines is 1. The molecule has 1 N–H and O–H groups in total. The van der Waals surface area contributed by atoms with Gasteiger partial charge in [0.05, 0.1) is 49.2 Å². The minimum atomic E-state index is -0.816. The van der Waals surface area contributed by atoms with Gasteiger partial charge in [-0.2, -0.15) is 0 Å². The van der Waals surface area contributed by atoms with E-state index in [1.165, 1.54) is 22.8 Å². The highest BCUT2D eigenvalue weighted by Crippen LogP contribution is 2.52. The number of pyridine rings is 2. The van der Waals surface area contributed by atoms with E-state index < -0.39 is 17.9 Å². The maximum absolute atomic E-state index is 13.2. The average Bonchev–Trinajstić information content (AvgIpc) is 3.86. The number of aryl methyl sites for hydroxylation is 1. The van der Waals surface area contributed by atoms with Crippen LogP contribution in [-0.2, 0) is 26.1 Å². The molecule has 3 amide bonds. The summed E-state index contributed by atoms with van der Waals surface area (Å²) in [6, 6.07) is 17.1. The van der Waals surface area contributed by atoms with E-state index in [2.05, 4.69) is 68.7 Å². The molecule has 304 valence electrons. The molecule has 2 saturated heterocycles. The molecule has 0 bridgehead atoms. The number of allylic oxidation sites excluding steroid dienone is 1. The van der Waals surface area contributed by atoms with Gasteiger partial charge in [0.25, 0.3) is 11.8 Å². The van der Waals surface area contributed by atoms with Crippen LogP contribution in [0.15, 0.2) is 85.5 Å². The number of nitrogens with zero attached hydrogens (tertiary/aromatic N) is 5. The number of carbonyl (C=O) groups is 3. The predicted octanol–water partition coefficient (Wildman–Crippen LogP) is 5.91. The number of carbonyl (C=O) groups excluding carboxylic acids is 3. The molecule has 3 aliphatic heterocycles. The zero-order valence-corrected chi connectivity index (χ0v) is 33.2. The van der Waals surface area contributed by atoms with Gasteiger partial charge in [0.2, 0.25) is 11.8 Å². The Morgan fingerprint density at radius 1 is 0.814 bits per heavy atom. The van der Waals surface area contributed by atoms with E-state index in [1.54, 1.807) is 12.1 Å². The molecule has 2 saturated carbocycles. The van der Waals surface area contributed by atoms with Crippen molar-refractivity contribution in [2.45, 2.75) is 50.4 Å². The minimum absolute atomic E-state index is 0.0669. The van der Waals surface area contributed by atoms with Gasteiger partial charge < -0.3 is 33.7 Å². The molecule has 2 aromatic carbocycles. The van der Waals surface area contributed by atoms with Crippen molar-refractivity contribution in [3.05, 3.63) is 96.6 Å². The fourth-order valence-electron chi connectivity index (χ4n) is 9.34. The molecule has 4 fully saturated rings. The Bertz CT molecular complexity index is 2450. The number of aromatic nitrogens is 3. The third-order valence-corrected chi connectivity index (χ3v) is 12.9. The number of imide groups is 1. The molecule has 0 spiro atoms. The van der Waals surface area contributed by atoms with E-state index in [9.17, 15) is 14.4 Å². The van der Waals surface area contributed by atoms with Crippen LogP contribution in [0.2, 0.25) is 0 Å². The summed E-state index contributed by atoms with van der Waals surface area (Å²) < 4.78 is 26.1. The third-order valence-electron chi connectivity index (χ3n) is 12.9. The second-order valence-corrected chi connectivity index (χ2v) is 16.6. The van der Waals surface area contributed by atoms with Crippen LogP contribution in [-0.4, -0.2) is 102 Å². The summed E-state index contributed by atoms with van der Waals surface area (Å²) in [5, 5.41) is 5.03. The summed E-state index contributed by atoms with van der Waals surface area (Å²) in [6.07, 6.45) is 10.3. The van der Waals surface area contributed by atoms with Gasteiger partial charge in [-0.05, 0) is 91.8 Å². The molecule has 3 atom stereocenters. The molecule has 6 heterocycles. The molecule has 2 unspecified atom stereocenters. The molecule has 13 heteroatoms. The van der Waals surface area contributed by atoms with Crippen LogP contribution >= 0.6 is 0 Å². The normalized spacial score (nSPS) is 24.1. The lowest BCUT2D eigenvalue weighted by Gasteiger charge is -2.40. The Hall–Kier alpha value is -5.63. The summed E-state index contributed by atoms with van der Waals surface area (Å²) in [5.41, 5.74) is 6.68. The van der Waals surface area contributed by atoms with Crippen molar-refractivity contribution in [1.82, 2.24) is 24.8 Å². The molecule has 3 aromatic heterocycles. The number of piperidine rings is 1. The van der Waals surface area contributed by atoms with Crippen LogP contribution in [0.1, 0.15) is 52.8 Å². The van der Waals surface area contributed by atoms with Crippen molar-refractivity contribution in [2.24, 2.45) is 24.8 Å². The van der Waals surface area contributed by atoms with Crippen LogP contribution in [0, 0.1) is 17.8 Å². The van der Waals surface area contributed by atoms with Crippen molar-refractivity contribution in [1.29, 1.82) is 0 Å². The predicted molar refractivity (Wildman–Crippen MR) is 221 cm³/mol. The molecular formula is C46H48N6O7. The van der Waals surface area contributed by atoms with Gasteiger partial charge in [0, 0.05) is 84.6 Å². The van der Waals surface area contributed by atoms with Gasteiger partial charge in [-0.25, -0.2) is 4.98 Å². The Morgan fingerprint density at radius 2 is 1.63 bits per heavy atom. The highest BCUT2D eigenvalue weighted by atomic mass is 16.5. The first-order valence-electron chi connectivity index (χ1n) is 20.8. The average molecular weight is 797 g/mol. The molecule has 13 nitrogen and oxygen atoms in total. The van der Waals surface area contributed by atoms with Gasteiger partial charge in [0.15, 0.2) is 0 Å². The van der Waals surface area contributed by atoms with Crippen LogP contribution in [0.25, 0.3) is 32.9 Å². The number of hydrogen-bond donors (Lipinski definition) is 1. The number of amides is 3. The lowest BCUT2D eigenvalue weighted by molar-refractivity contribution is -0.125. The SMILES string of the molecule is C=C1CCC(N2C(=O)c3ccc(N4CC(OCCOCCOC[C@@H]5CC5C5CC(Oc6ccc(-c7ccc8c9cnccc9n(C)c8c7)cn6)C5)C4)cc3C2=O)C(=O)N1. The van der Waals surface area contributed by atoms with Crippen LogP contribution in [0.4, 0.5) is 5.69 Å². The first kappa shape index (κ1) is 37.6. The largest absolute Gasteiger partial charge is 0.474 e. The number of ether oxygens (including phenoxy) is 4. The molecule has 5 aliphatic rings. The fraction of sp³-hybridized carbons (Fsp3) is 0.413. The molecule has 59 heavy (non-hydrogen) atoms. The number of fused-ring (bicyclic) bond motifs is 4. The van der Waals surface area contributed by atoms with Gasteiger partial charge in [-0.1, -0.05) is 18.7 Å². The van der Waals surface area contributed by atoms with E-state index in [-0.39, 0.29) is 18.1 Å². The van der Waals surface area contributed by atoms with E-state index in [0.717, 1.165) is 52.5 Å². The molecule has 2 aliphatic carbocycles. The Labute approximate surface area is 342 Å². The standard InChI is InChI=1S/C46H48N6O7/c1-27-3-9-41(44(53)49-27)52-45(54)36-8-6-32(21-38(36)46(52)55)51-24-34(25-51)58-16-15-56-13-14-57-26-31-19-37(31)30-17-33(18-30)59-43-10-5-29(22-48-43)28-4-7-35-39-23-47-12-11-40(39)50(2)42(35)20-28/h4-8,10-12,20-23,30-31,33-34,37,41H,1,3,9,13-19,24-26H2,2H3,(H,49,53)/t30?,31-,33?,37?,41?/m0/s1. The summed E-state index contributed by atoms with van der Waals surface area (Å²) >= 11 is 0. The van der Waals surface area contributed by atoms with E-state index in [4.69, 9.17) is 18.9 Å². The molecule has 5 aromatic rings. The molecular weight excluding hydrogens is 749 g/mol. The lowest BCUT2D eigenvalue weighted by Crippen LogP contribution is -2.52. The number of benzene rings is 2. The van der Waals surface area contributed by atoms with Gasteiger partial charge in [-0.3, -0.25) is 24.3 Å². The summed E-state index contributed by atoms with van der Waals surface area (Å²) in [5.74, 6) is 1.52. The first-order chi connectivity index (χ1) is 28.8. The smallest absolute Gasteiger partial charge is 0.262 e. The second-order valence-electron chi connectivity index (χ2n) is 16.6. The van der Waals surface area contributed by atoms with Crippen molar-refractivity contribution in [2.75, 3.05) is 51.0 Å². The number of rotatable bonds is 15. The minimum Gasteiger partial charge on any atom is -0.474 e. The highest BCUT2D eigenvalue weighted by molar-refractivity contribution is 6.23. The second kappa shape index (κ2) is 15.5. The van der Waals surface area contributed by atoms with Crippen molar-refractivity contribution < 1.29 is 33.3 Å². The first-order valence-corrected chi connectivity index (χ1v) is 20.8. The van der Waals surface area contributed by atoms with Gasteiger partial charge in [-0.15, -0.1) is 0 Å². The summed E-state index contributed by atoms with van der Waals surface area (Å²) in [7, 11) is 2.10. The van der Waals surface area contributed by atoms with Gasteiger partial charge >= 0.3 is 0 Å². The summed E-state index contributed by atoms with van der Waals surface area (Å²) in [6.45, 7) is 8.04. The number of hydrogen-bond acceptors (Lipinski definition) is 10. The van der Waals surface area contributed by atoms with Crippen LogP contribution in [0.5, 0.6) is 5.88 Å². The Morgan fingerprint density at radius 3 is 2.46 bits per heavy atom. The number of nitrogens with one attached hydrogen (secondary N) is 1. The fourth-order valence-corrected chi connectivity index (χ4v) is 9.34. The molecule has 10 rings (SSSR count). The summed E-state index contributed by atoms with van der Waals surface area (Å²) in [4.78, 5) is 50.9. The Balaban J connectivity index is 0.579. The quantitative estimate of drug-likeness (QED) is 0.101. The highest BCUT2D eigenvalue weighted by Gasteiger charge is 2.49. The third kappa shape index (κ3) is 7.25. The van der Waals surface area contributed by atoms with E-state index in [0.29, 0.717) is 86.9 Å². The lowest BCUT2D eigenvalue weighted by atomic mass is 9.78. The maximum atomic E-state index is 13.2. The van der Waals surface area contributed by atoms with Crippen molar-refractivity contribution >= 4 is 45.2 Å². The van der Waals surface area contributed by atoms with Gasteiger partial charge in [0.1, 0.15) is 12.1 Å². The van der Waals surface area contributed by atoms with Crippen LogP contribution < -0.4 is 15.0 Å². The van der Waals surface area contributed by atoms with Crippen molar-refractivity contribution in [3.8, 4) is 17.0 Å². The van der Waals surface area contributed by atoms with Crippen LogP contribution in [0.3, 0.4) is 0 Å². The van der Waals surface area contributed by atoms with Crippen molar-refractivity contribution in [3.63, 3.8) is 0 Å². The van der Waals surface area contributed by atoms with E-state index in [1.807, 2.05) is 30.7 Å². The zero-order valence-electron chi connectivity index (χ0n) is 33.2. The zero-order chi connectivity index (χ0) is 40.2. The topological polar surface area (TPSA) is 137 Å². The van der Waals surface area contributed by atoms with E-state index >= 15 is 0 Å². The molecule has 0 radical (unpaired) electrons.